The molecule has 0 spiro atoms. The zero-order valence-corrected chi connectivity index (χ0v) is 20.5. The van der Waals surface area contributed by atoms with Gasteiger partial charge in [0.15, 0.2) is 0 Å². The summed E-state index contributed by atoms with van der Waals surface area (Å²) in [7, 11) is 0. The molecule has 0 aliphatic heterocycles. The first kappa shape index (κ1) is 23.3. The number of benzene rings is 4. The lowest BCUT2D eigenvalue weighted by atomic mass is 9.68. The fourth-order valence-electron chi connectivity index (χ4n) is 4.90. The van der Waals surface area contributed by atoms with Crippen molar-refractivity contribution in [2.45, 2.75) is 5.41 Å². The molecule has 5 rings (SSSR count). The second-order valence-electron chi connectivity index (χ2n) is 8.15. The van der Waals surface area contributed by atoms with E-state index >= 15 is 0 Å². The summed E-state index contributed by atoms with van der Waals surface area (Å²) >= 11 is 7.97. The van der Waals surface area contributed by atoms with Gasteiger partial charge in [-0.25, -0.2) is 0 Å². The maximum absolute atomic E-state index is 11.7. The summed E-state index contributed by atoms with van der Waals surface area (Å²) in [6.45, 7) is 0. The Morgan fingerprint density at radius 3 is 1.31 bits per heavy atom. The minimum atomic E-state index is -0.606. The molecule has 1 aliphatic rings. The summed E-state index contributed by atoms with van der Waals surface area (Å²) in [5.74, 6) is 0.151. The zero-order chi connectivity index (χ0) is 24.4. The number of ether oxygens (including phenoxy) is 2. The largest absolute Gasteiger partial charge is 0.426 e. The lowest BCUT2D eigenvalue weighted by Crippen LogP contribution is -2.28. The Kier molecular flexibility index (Phi) is 6.41. The average Bonchev–Trinajstić information content (AvgIpc) is 3.21. The number of esters is 2. The Morgan fingerprint density at radius 2 is 0.943 bits per heavy atom. The van der Waals surface area contributed by atoms with Gasteiger partial charge in [-0.05, 0) is 57.6 Å². The van der Waals surface area contributed by atoms with Gasteiger partial charge in [0.2, 0.25) is 0 Å². The minimum absolute atomic E-state index is 0.0105. The van der Waals surface area contributed by atoms with Gasteiger partial charge in [-0.15, -0.1) is 0 Å². The van der Waals surface area contributed by atoms with E-state index in [2.05, 4.69) is 49.5 Å². The molecule has 0 fully saturated rings. The third kappa shape index (κ3) is 4.03. The third-order valence-corrected chi connectivity index (χ3v) is 6.76. The molecule has 0 aromatic heterocycles. The van der Waals surface area contributed by atoms with Gasteiger partial charge in [0.25, 0.3) is 0 Å². The Labute approximate surface area is 214 Å². The van der Waals surface area contributed by atoms with Crippen molar-refractivity contribution >= 4 is 37.2 Å². The molecule has 0 unspecified atom stereocenters. The first-order valence-corrected chi connectivity index (χ1v) is 12.4. The van der Waals surface area contributed by atoms with E-state index in [0.29, 0.717) is 11.5 Å². The molecule has 0 radical (unpaired) electrons. The van der Waals surface area contributed by atoms with Crippen molar-refractivity contribution in [3.63, 3.8) is 0 Å². The van der Waals surface area contributed by atoms with Crippen LogP contribution in [0.25, 0.3) is 11.1 Å². The van der Waals surface area contributed by atoms with Crippen molar-refractivity contribution in [1.82, 2.24) is 0 Å². The highest BCUT2D eigenvalue weighted by Gasteiger charge is 2.45. The van der Waals surface area contributed by atoms with E-state index in [1.54, 1.807) is 0 Å². The van der Waals surface area contributed by atoms with Gasteiger partial charge in [0.05, 0.1) is 16.9 Å². The van der Waals surface area contributed by atoms with Crippen LogP contribution in [0.5, 0.6) is 11.5 Å². The number of carbonyl (C=O) groups excluding carboxylic acids is 2. The van der Waals surface area contributed by atoms with Crippen LogP contribution in [0.1, 0.15) is 22.3 Å². The molecule has 0 saturated carbocycles. The lowest BCUT2D eigenvalue weighted by molar-refractivity contribution is -0.132. The number of thiol groups is 2. The number of rotatable bonds is 6. The van der Waals surface area contributed by atoms with Crippen molar-refractivity contribution in [2.24, 2.45) is 0 Å². The number of fused-ring (bicyclic) bond motifs is 3. The zero-order valence-electron chi connectivity index (χ0n) is 18.7. The molecule has 4 nitrogen and oxygen atoms in total. The lowest BCUT2D eigenvalue weighted by Gasteiger charge is -2.34. The molecule has 35 heavy (non-hydrogen) atoms. The Balaban J connectivity index is 1.71. The van der Waals surface area contributed by atoms with Gasteiger partial charge >= 0.3 is 11.9 Å². The van der Waals surface area contributed by atoms with E-state index in [4.69, 9.17) is 9.47 Å². The molecule has 0 bridgehead atoms. The Morgan fingerprint density at radius 1 is 0.571 bits per heavy atom. The van der Waals surface area contributed by atoms with Crippen LogP contribution in [-0.4, -0.2) is 23.4 Å². The summed E-state index contributed by atoms with van der Waals surface area (Å²) in [6, 6.07) is 32.0. The molecule has 4 aromatic rings. The van der Waals surface area contributed by atoms with Crippen molar-refractivity contribution in [3.8, 4) is 22.6 Å². The summed E-state index contributed by atoms with van der Waals surface area (Å²) < 4.78 is 10.7. The first-order valence-electron chi connectivity index (χ1n) is 11.1. The summed E-state index contributed by atoms with van der Waals surface area (Å²) in [6.07, 6.45) is 0. The smallest absolute Gasteiger partial charge is 0.321 e. The van der Waals surface area contributed by atoms with E-state index in [1.165, 1.54) is 11.1 Å². The van der Waals surface area contributed by atoms with Gasteiger partial charge < -0.3 is 9.47 Å². The summed E-state index contributed by atoms with van der Waals surface area (Å²) in [4.78, 5) is 23.4. The van der Waals surface area contributed by atoms with Crippen LogP contribution in [0.2, 0.25) is 0 Å². The molecule has 0 atom stereocenters. The molecular formula is C29H22O4S2. The minimum Gasteiger partial charge on any atom is -0.426 e. The standard InChI is InChI=1S/C29H22O4S2/c30-27(17-34)32-21-13-9-19(10-14-21)29(20-11-15-22(16-12-20)33-28(31)18-35)25-7-3-1-5-23(25)24-6-2-4-8-26(24)29/h1-16,34-35H,17-18H2. The second-order valence-corrected chi connectivity index (χ2v) is 8.79. The highest BCUT2D eigenvalue weighted by atomic mass is 32.1. The summed E-state index contributed by atoms with van der Waals surface area (Å²) in [5, 5.41) is 0. The average molecular weight is 499 g/mol. The molecule has 0 amide bonds. The van der Waals surface area contributed by atoms with E-state index < -0.39 is 17.4 Å². The van der Waals surface area contributed by atoms with Gasteiger partial charge in [0, 0.05) is 0 Å². The maximum atomic E-state index is 11.7. The van der Waals surface area contributed by atoms with Crippen LogP contribution in [0.4, 0.5) is 0 Å². The van der Waals surface area contributed by atoms with Crippen LogP contribution in [-0.2, 0) is 15.0 Å². The van der Waals surface area contributed by atoms with Crippen LogP contribution < -0.4 is 9.47 Å². The predicted octanol–water partition coefficient (Wildman–Crippen LogP) is 5.72. The van der Waals surface area contributed by atoms with Crippen LogP contribution in [0.3, 0.4) is 0 Å². The Bertz CT molecular complexity index is 1290. The number of hydrogen-bond donors (Lipinski definition) is 2. The van der Waals surface area contributed by atoms with Gasteiger partial charge in [-0.2, -0.15) is 25.3 Å². The van der Waals surface area contributed by atoms with E-state index in [1.807, 2.05) is 72.8 Å². The molecular weight excluding hydrogens is 476 g/mol. The quantitative estimate of drug-likeness (QED) is 0.179. The molecule has 6 heteroatoms. The van der Waals surface area contributed by atoms with Crippen molar-refractivity contribution in [3.05, 3.63) is 119 Å². The SMILES string of the molecule is O=C(CS)Oc1ccc(C2(c3ccc(OC(=O)CS)cc3)c3ccccc3-c3ccccc32)cc1. The van der Waals surface area contributed by atoms with Crippen LogP contribution >= 0.6 is 25.3 Å². The highest BCUT2D eigenvalue weighted by molar-refractivity contribution is 7.81. The molecule has 4 aromatic carbocycles. The van der Waals surface area contributed by atoms with Crippen molar-refractivity contribution in [1.29, 1.82) is 0 Å². The second kappa shape index (κ2) is 9.64. The molecule has 1 aliphatic carbocycles. The van der Waals surface area contributed by atoms with Gasteiger partial charge in [-0.1, -0.05) is 72.8 Å². The molecule has 0 heterocycles. The fourth-order valence-corrected chi connectivity index (χ4v) is 5.03. The third-order valence-electron chi connectivity index (χ3n) is 6.25. The van der Waals surface area contributed by atoms with Crippen molar-refractivity contribution in [2.75, 3.05) is 11.5 Å². The van der Waals surface area contributed by atoms with Crippen LogP contribution in [0, 0.1) is 0 Å². The predicted molar refractivity (Wildman–Crippen MR) is 143 cm³/mol. The van der Waals surface area contributed by atoms with E-state index in [0.717, 1.165) is 22.3 Å². The van der Waals surface area contributed by atoms with Gasteiger partial charge in [-0.3, -0.25) is 9.59 Å². The molecule has 174 valence electrons. The van der Waals surface area contributed by atoms with Crippen LogP contribution in [0.15, 0.2) is 97.1 Å². The topological polar surface area (TPSA) is 52.6 Å². The number of hydrogen-bond acceptors (Lipinski definition) is 6. The maximum Gasteiger partial charge on any atom is 0.321 e. The normalized spacial score (nSPS) is 13.0. The molecule has 0 saturated heterocycles. The van der Waals surface area contributed by atoms with E-state index in [-0.39, 0.29) is 11.5 Å². The number of carbonyl (C=O) groups is 2. The van der Waals surface area contributed by atoms with E-state index in [9.17, 15) is 9.59 Å². The van der Waals surface area contributed by atoms with Crippen molar-refractivity contribution < 1.29 is 19.1 Å². The monoisotopic (exact) mass is 498 g/mol. The summed E-state index contributed by atoms with van der Waals surface area (Å²) in [5.41, 5.74) is 6.09. The van der Waals surface area contributed by atoms with Gasteiger partial charge in [0.1, 0.15) is 11.5 Å². The molecule has 0 N–H and O–H groups in total. The highest BCUT2D eigenvalue weighted by Crippen LogP contribution is 2.56. The first-order chi connectivity index (χ1) is 17.1. The fraction of sp³-hybridized carbons (Fsp3) is 0.103. The Hall–Kier alpha value is -3.48.